The van der Waals surface area contributed by atoms with E-state index in [2.05, 4.69) is 60.0 Å². The number of hydrogen-bond acceptors (Lipinski definition) is 10. The van der Waals surface area contributed by atoms with Gasteiger partial charge in [-0.15, -0.1) is 0 Å². The second kappa shape index (κ2) is 21.9. The maximum absolute atomic E-state index is 13.0. The van der Waals surface area contributed by atoms with Crippen molar-refractivity contribution in [3.63, 3.8) is 0 Å². The zero-order valence-corrected chi connectivity index (χ0v) is 40.9. The maximum Gasteiger partial charge on any atom is 0.411 e. The van der Waals surface area contributed by atoms with Crippen molar-refractivity contribution in [2.75, 3.05) is 62.3 Å². The molecule has 1 saturated carbocycles. The Morgan fingerprint density at radius 1 is 0.910 bits per heavy atom. The Balaban J connectivity index is 0.772. The highest BCUT2D eigenvalue weighted by atomic mass is 28.4. The lowest BCUT2D eigenvalue weighted by Gasteiger charge is -2.40. The van der Waals surface area contributed by atoms with Gasteiger partial charge in [0, 0.05) is 76.0 Å². The lowest BCUT2D eigenvalue weighted by Crippen LogP contribution is -2.43. The first kappa shape index (κ1) is 49.2. The molecular formula is C52H68N6O8Si. The van der Waals surface area contributed by atoms with E-state index in [9.17, 15) is 24.3 Å². The van der Waals surface area contributed by atoms with Crippen molar-refractivity contribution < 1.29 is 38.2 Å². The summed E-state index contributed by atoms with van der Waals surface area (Å²) in [5.41, 5.74) is 5.48. The molecule has 0 spiro atoms. The standard InChI is InChI=1S/C52H68N6O8Si/c1-52(2,3)67(5,6)66-45(42-23-24-44(59)49-50(42)64-34-47(61)56-49)31-53-30-35-19-21-39(22-20-35)54-46(60)18-12-13-26-57(4)48(62)25-27-58-32-37-28-40(29-38(37)33-58)65-51(63)55-43-17-11-10-16-41(43)36-14-8-7-9-15-36/h7-11,14-17,19-24,37-38,40,45,53,59H,12-13,18,25-34H2,1-6H3,(H,54,60)(H,55,63)(H,56,61)/t37-,38+,40-,45-/m0/s1. The first-order chi connectivity index (χ1) is 32.0. The Morgan fingerprint density at radius 3 is 2.33 bits per heavy atom. The van der Waals surface area contributed by atoms with Crippen molar-refractivity contribution >= 4 is 49.2 Å². The van der Waals surface area contributed by atoms with Crippen LogP contribution in [0.25, 0.3) is 11.1 Å². The molecule has 2 fully saturated rings. The average Bonchev–Trinajstić information content (AvgIpc) is 3.85. The van der Waals surface area contributed by atoms with Gasteiger partial charge in [-0.05, 0) is 97.1 Å². The van der Waals surface area contributed by atoms with E-state index >= 15 is 0 Å². The molecule has 2 aliphatic heterocycles. The molecule has 0 radical (unpaired) electrons. The minimum Gasteiger partial charge on any atom is -0.506 e. The summed E-state index contributed by atoms with van der Waals surface area (Å²) >= 11 is 0. The van der Waals surface area contributed by atoms with Crippen LogP contribution in [0.2, 0.25) is 18.1 Å². The molecule has 4 amide bonds. The number of phenolic OH excluding ortho intramolecular Hbond substituents is 1. The summed E-state index contributed by atoms with van der Waals surface area (Å²) in [5, 5.41) is 22.6. The normalized spacial score (nSPS) is 18.5. The van der Waals surface area contributed by atoms with Crippen LogP contribution in [-0.4, -0.2) is 99.5 Å². The number of amides is 4. The Hall–Kier alpha value is -5.74. The summed E-state index contributed by atoms with van der Waals surface area (Å²) in [6.07, 6.45) is 2.95. The molecular weight excluding hydrogens is 865 g/mol. The van der Waals surface area contributed by atoms with Gasteiger partial charge in [0.15, 0.2) is 20.7 Å². The molecule has 1 aliphatic carbocycles. The number of hydrogen-bond donors (Lipinski definition) is 5. The minimum absolute atomic E-state index is 0.0478. The van der Waals surface area contributed by atoms with Gasteiger partial charge < -0.3 is 44.8 Å². The molecule has 15 heteroatoms. The summed E-state index contributed by atoms with van der Waals surface area (Å²) in [6.45, 7) is 14.9. The fourth-order valence-electron chi connectivity index (χ4n) is 9.03. The van der Waals surface area contributed by atoms with Crippen molar-refractivity contribution in [2.24, 2.45) is 11.8 Å². The molecule has 0 aromatic heterocycles. The summed E-state index contributed by atoms with van der Waals surface area (Å²) in [4.78, 5) is 55.0. The van der Waals surface area contributed by atoms with Crippen LogP contribution in [0.3, 0.4) is 0 Å². The predicted molar refractivity (Wildman–Crippen MR) is 265 cm³/mol. The van der Waals surface area contributed by atoms with Crippen LogP contribution in [0.4, 0.5) is 21.9 Å². The maximum atomic E-state index is 13.0. The number of anilines is 3. The third-order valence-corrected chi connectivity index (χ3v) is 18.3. The predicted octanol–water partition coefficient (Wildman–Crippen LogP) is 9.16. The number of para-hydroxylation sites is 1. The molecule has 4 aromatic carbocycles. The van der Waals surface area contributed by atoms with Gasteiger partial charge in [-0.3, -0.25) is 19.7 Å². The SMILES string of the molecule is CN(CCCCC(=O)Nc1ccc(CNC[C@H](O[Si](C)(C)C(C)(C)C)c2ccc(O)c3c2OCC(=O)N3)cc1)C(=O)CCN1C[C@H]2C[C@@H](OC(=O)Nc3ccccc3-c3ccccc3)C[C@H]2C1. The number of ether oxygens (including phenoxy) is 2. The van der Waals surface area contributed by atoms with Crippen molar-refractivity contribution in [3.8, 4) is 22.6 Å². The summed E-state index contributed by atoms with van der Waals surface area (Å²) < 4.78 is 18.6. The molecule has 1 saturated heterocycles. The number of rotatable bonds is 19. The summed E-state index contributed by atoms with van der Waals surface area (Å²) in [6, 6.07) is 28.8. The van der Waals surface area contributed by atoms with Crippen molar-refractivity contribution in [1.82, 2.24) is 15.1 Å². The monoisotopic (exact) mass is 932 g/mol. The van der Waals surface area contributed by atoms with E-state index in [1.807, 2.05) is 85.9 Å². The molecule has 5 N–H and O–H groups in total. The van der Waals surface area contributed by atoms with Crippen LogP contribution in [0.1, 0.15) is 76.5 Å². The molecule has 14 nitrogen and oxygen atoms in total. The van der Waals surface area contributed by atoms with Gasteiger partial charge in [0.25, 0.3) is 5.91 Å². The van der Waals surface area contributed by atoms with E-state index in [4.69, 9.17) is 13.9 Å². The largest absolute Gasteiger partial charge is 0.506 e. The first-order valence-corrected chi connectivity index (χ1v) is 26.6. The molecule has 358 valence electrons. The Labute approximate surface area is 396 Å². The Kier molecular flexibility index (Phi) is 16.1. The quantitative estimate of drug-likeness (QED) is 0.0347. The first-order valence-electron chi connectivity index (χ1n) is 23.7. The third-order valence-electron chi connectivity index (χ3n) is 13.8. The van der Waals surface area contributed by atoms with Gasteiger partial charge in [0.1, 0.15) is 17.5 Å². The van der Waals surface area contributed by atoms with Crippen molar-refractivity contribution in [2.45, 2.75) is 96.2 Å². The lowest BCUT2D eigenvalue weighted by molar-refractivity contribution is -0.130. The van der Waals surface area contributed by atoms with Crippen LogP contribution in [0, 0.1) is 11.8 Å². The van der Waals surface area contributed by atoms with E-state index in [0.717, 1.165) is 66.0 Å². The van der Waals surface area contributed by atoms with Gasteiger partial charge in [-0.25, -0.2) is 4.79 Å². The fraction of sp³-hybridized carbons (Fsp3) is 0.462. The third kappa shape index (κ3) is 13.0. The van der Waals surface area contributed by atoms with Crippen LogP contribution < -0.4 is 26.0 Å². The summed E-state index contributed by atoms with van der Waals surface area (Å²) in [5.74, 6) is 0.991. The highest BCUT2D eigenvalue weighted by Gasteiger charge is 2.43. The smallest absolute Gasteiger partial charge is 0.411 e. The zero-order chi connectivity index (χ0) is 47.7. The number of phenols is 1. The number of nitrogens with one attached hydrogen (secondary N) is 4. The van der Waals surface area contributed by atoms with Crippen molar-refractivity contribution in [3.05, 3.63) is 102 Å². The van der Waals surface area contributed by atoms with E-state index in [1.165, 1.54) is 0 Å². The van der Waals surface area contributed by atoms with E-state index in [0.29, 0.717) is 63.0 Å². The molecule has 67 heavy (non-hydrogen) atoms. The highest BCUT2D eigenvalue weighted by Crippen LogP contribution is 2.46. The van der Waals surface area contributed by atoms with Crippen LogP contribution in [-0.2, 0) is 30.1 Å². The van der Waals surface area contributed by atoms with E-state index < -0.39 is 20.5 Å². The number of unbranched alkanes of at least 4 members (excludes halogenated alkanes) is 1. The lowest BCUT2D eigenvalue weighted by atomic mass is 10.0. The van der Waals surface area contributed by atoms with Gasteiger partial charge >= 0.3 is 6.09 Å². The molecule has 0 unspecified atom stereocenters. The number of aromatic hydroxyl groups is 1. The van der Waals surface area contributed by atoms with Gasteiger partial charge in [0.05, 0.1) is 11.8 Å². The van der Waals surface area contributed by atoms with Crippen LogP contribution in [0.5, 0.6) is 11.5 Å². The molecule has 0 bridgehead atoms. The number of fused-ring (bicyclic) bond motifs is 2. The summed E-state index contributed by atoms with van der Waals surface area (Å²) in [7, 11) is -0.412. The van der Waals surface area contributed by atoms with Gasteiger partial charge in [0.2, 0.25) is 11.8 Å². The van der Waals surface area contributed by atoms with E-state index in [1.54, 1.807) is 17.0 Å². The van der Waals surface area contributed by atoms with Crippen LogP contribution >= 0.6 is 0 Å². The Morgan fingerprint density at radius 2 is 1.61 bits per heavy atom. The number of benzene rings is 4. The number of carbonyl (C=O) groups is 4. The molecule has 4 aromatic rings. The molecule has 4 atom stereocenters. The van der Waals surface area contributed by atoms with Crippen molar-refractivity contribution in [1.29, 1.82) is 0 Å². The second-order valence-corrected chi connectivity index (χ2v) is 24.6. The van der Waals surface area contributed by atoms with Gasteiger partial charge in [-0.1, -0.05) is 81.4 Å². The molecule has 7 rings (SSSR count). The van der Waals surface area contributed by atoms with Gasteiger partial charge in [-0.2, -0.15) is 0 Å². The number of carbonyl (C=O) groups excluding carboxylic acids is 4. The minimum atomic E-state index is -2.25. The average molecular weight is 933 g/mol. The number of nitrogens with zero attached hydrogens (tertiary/aromatic N) is 2. The zero-order valence-electron chi connectivity index (χ0n) is 39.9. The highest BCUT2D eigenvalue weighted by molar-refractivity contribution is 6.74. The molecule has 3 aliphatic rings. The fourth-order valence-corrected chi connectivity index (χ4v) is 10.3. The Bertz CT molecular complexity index is 2340. The van der Waals surface area contributed by atoms with Crippen LogP contribution in [0.15, 0.2) is 91.0 Å². The van der Waals surface area contributed by atoms with E-state index in [-0.39, 0.29) is 46.9 Å². The second-order valence-electron chi connectivity index (χ2n) is 19.8. The molecule has 2 heterocycles. The number of likely N-dealkylation sites (tertiary alicyclic amines) is 1. The topological polar surface area (TPSA) is 171 Å².